The van der Waals surface area contributed by atoms with Crippen LogP contribution in [0.1, 0.15) is 6.92 Å². The van der Waals surface area contributed by atoms with E-state index in [0.717, 1.165) is 22.0 Å². The summed E-state index contributed by atoms with van der Waals surface area (Å²) in [6.45, 7) is 2.56. The number of pyridine rings is 1. The minimum Gasteiger partial charge on any atom is -0.478 e. The summed E-state index contributed by atoms with van der Waals surface area (Å²) in [4.78, 5) is 4.59. The molecular formula is C15H15N3O. The van der Waals surface area contributed by atoms with Crippen molar-refractivity contribution in [2.75, 3.05) is 6.61 Å². The molecule has 0 radical (unpaired) electrons. The fraction of sp³-hybridized carbons (Fsp3) is 0.200. The molecule has 0 unspecified atom stereocenters. The molecule has 0 aliphatic rings. The maximum Gasteiger partial charge on any atom is 0.222 e. The van der Waals surface area contributed by atoms with Gasteiger partial charge in [-0.25, -0.2) is 4.98 Å². The van der Waals surface area contributed by atoms with Crippen LogP contribution in [0, 0.1) is 0 Å². The van der Waals surface area contributed by atoms with Crippen molar-refractivity contribution in [3.8, 4) is 17.0 Å². The molecule has 0 saturated carbocycles. The average molecular weight is 253 g/mol. The highest BCUT2D eigenvalue weighted by Gasteiger charge is 2.11. The van der Waals surface area contributed by atoms with Crippen LogP contribution in [-0.4, -0.2) is 21.4 Å². The molecule has 0 N–H and O–H groups in total. The van der Waals surface area contributed by atoms with Crippen LogP contribution in [0.5, 0.6) is 5.88 Å². The van der Waals surface area contributed by atoms with Crippen LogP contribution in [0.2, 0.25) is 0 Å². The van der Waals surface area contributed by atoms with Gasteiger partial charge in [-0.15, -0.1) is 0 Å². The van der Waals surface area contributed by atoms with Gasteiger partial charge < -0.3 is 4.74 Å². The maximum absolute atomic E-state index is 5.66. The zero-order valence-corrected chi connectivity index (χ0v) is 11.0. The second-order valence-corrected chi connectivity index (χ2v) is 4.37. The van der Waals surface area contributed by atoms with Crippen LogP contribution in [0.3, 0.4) is 0 Å². The first-order valence-corrected chi connectivity index (χ1v) is 6.29. The maximum atomic E-state index is 5.66. The lowest BCUT2D eigenvalue weighted by Crippen LogP contribution is -1.97. The molecule has 3 rings (SSSR count). The lowest BCUT2D eigenvalue weighted by molar-refractivity contribution is 0.329. The molecule has 96 valence electrons. The molecule has 0 aliphatic heterocycles. The highest BCUT2D eigenvalue weighted by molar-refractivity contribution is 5.85. The molecule has 4 heteroatoms. The van der Waals surface area contributed by atoms with Crippen molar-refractivity contribution in [3.63, 3.8) is 0 Å². The van der Waals surface area contributed by atoms with Gasteiger partial charge in [-0.3, -0.25) is 4.68 Å². The number of hydrogen-bond acceptors (Lipinski definition) is 3. The number of aromatic nitrogens is 3. The third-order valence-corrected chi connectivity index (χ3v) is 2.99. The molecule has 2 aromatic heterocycles. The Morgan fingerprint density at radius 1 is 1.26 bits per heavy atom. The molecule has 3 aromatic rings. The van der Waals surface area contributed by atoms with Gasteiger partial charge in [0.15, 0.2) is 0 Å². The Balaban J connectivity index is 2.22. The van der Waals surface area contributed by atoms with E-state index in [-0.39, 0.29) is 0 Å². The molecule has 0 spiro atoms. The van der Waals surface area contributed by atoms with Crippen LogP contribution < -0.4 is 4.74 Å². The summed E-state index contributed by atoms with van der Waals surface area (Å²) in [7, 11) is 1.90. The summed E-state index contributed by atoms with van der Waals surface area (Å²) < 4.78 is 7.44. The first-order valence-electron chi connectivity index (χ1n) is 6.29. The van der Waals surface area contributed by atoms with E-state index in [2.05, 4.69) is 22.2 Å². The van der Waals surface area contributed by atoms with Crippen molar-refractivity contribution in [3.05, 3.63) is 42.7 Å². The number of benzene rings is 1. The lowest BCUT2D eigenvalue weighted by Gasteiger charge is -2.09. The van der Waals surface area contributed by atoms with Gasteiger partial charge in [-0.05, 0) is 19.1 Å². The second kappa shape index (κ2) is 4.72. The van der Waals surface area contributed by atoms with Crippen LogP contribution in [-0.2, 0) is 7.05 Å². The van der Waals surface area contributed by atoms with Crippen molar-refractivity contribution in [2.24, 2.45) is 7.05 Å². The molecule has 0 amide bonds. The first-order chi connectivity index (χ1) is 9.28. The Kier molecular flexibility index (Phi) is 2.91. The van der Waals surface area contributed by atoms with Gasteiger partial charge in [0.25, 0.3) is 0 Å². The number of hydrogen-bond donors (Lipinski definition) is 0. The summed E-state index contributed by atoms with van der Waals surface area (Å²) in [6.07, 6.45) is 3.79. The largest absolute Gasteiger partial charge is 0.478 e. The average Bonchev–Trinajstić information content (AvgIpc) is 2.85. The van der Waals surface area contributed by atoms with Crippen molar-refractivity contribution in [2.45, 2.75) is 6.92 Å². The van der Waals surface area contributed by atoms with Gasteiger partial charge in [0.2, 0.25) is 5.88 Å². The lowest BCUT2D eigenvalue weighted by atomic mass is 10.1. The van der Waals surface area contributed by atoms with Gasteiger partial charge in [0.05, 0.1) is 18.3 Å². The molecule has 19 heavy (non-hydrogen) atoms. The van der Waals surface area contributed by atoms with E-state index >= 15 is 0 Å². The Bertz CT molecular complexity index is 718. The smallest absolute Gasteiger partial charge is 0.222 e. The van der Waals surface area contributed by atoms with E-state index in [4.69, 9.17) is 4.74 Å². The summed E-state index contributed by atoms with van der Waals surface area (Å²) in [5, 5.41) is 5.31. The molecule has 0 bridgehead atoms. The molecule has 1 aromatic carbocycles. The highest BCUT2D eigenvalue weighted by Crippen LogP contribution is 2.31. The van der Waals surface area contributed by atoms with Gasteiger partial charge in [-0.2, -0.15) is 5.10 Å². The summed E-state index contributed by atoms with van der Waals surface area (Å²) in [5.41, 5.74) is 2.94. The van der Waals surface area contributed by atoms with E-state index in [1.165, 1.54) is 0 Å². The molecular weight excluding hydrogens is 238 g/mol. The van der Waals surface area contributed by atoms with Crippen molar-refractivity contribution < 1.29 is 4.74 Å². The Morgan fingerprint density at radius 3 is 2.84 bits per heavy atom. The predicted molar refractivity (Wildman–Crippen MR) is 75.1 cm³/mol. The number of rotatable bonds is 3. The van der Waals surface area contributed by atoms with Gasteiger partial charge in [0, 0.05) is 29.8 Å². The molecule has 0 atom stereocenters. The quantitative estimate of drug-likeness (QED) is 0.720. The van der Waals surface area contributed by atoms with Gasteiger partial charge in [-0.1, -0.05) is 18.2 Å². The SMILES string of the molecule is CCOc1nc2ccccc2cc1-c1cnn(C)c1. The number of ether oxygens (including phenoxy) is 1. The second-order valence-electron chi connectivity index (χ2n) is 4.37. The fourth-order valence-electron chi connectivity index (χ4n) is 2.11. The molecule has 0 aliphatic carbocycles. The van der Waals surface area contributed by atoms with Crippen LogP contribution in [0.25, 0.3) is 22.0 Å². The number of fused-ring (bicyclic) bond motifs is 1. The van der Waals surface area contributed by atoms with E-state index in [1.807, 2.05) is 44.6 Å². The molecule has 4 nitrogen and oxygen atoms in total. The summed E-state index contributed by atoms with van der Waals surface area (Å²) in [6, 6.07) is 10.1. The van der Waals surface area contributed by atoms with Crippen LogP contribution in [0.15, 0.2) is 42.7 Å². The standard InChI is InChI=1S/C15H15N3O/c1-3-19-15-13(12-9-16-18(2)10-12)8-11-6-4-5-7-14(11)17-15/h4-10H,3H2,1-2H3. The highest BCUT2D eigenvalue weighted by atomic mass is 16.5. The minimum absolute atomic E-state index is 0.596. The van der Waals surface area contributed by atoms with Crippen LogP contribution in [0.4, 0.5) is 0 Å². The summed E-state index contributed by atoms with van der Waals surface area (Å²) in [5.74, 6) is 0.661. The Hall–Kier alpha value is -2.36. The van der Waals surface area contributed by atoms with Crippen molar-refractivity contribution in [1.82, 2.24) is 14.8 Å². The first kappa shape index (κ1) is 11.7. The minimum atomic E-state index is 0.596. The molecule has 0 saturated heterocycles. The van der Waals surface area contributed by atoms with E-state index in [9.17, 15) is 0 Å². The summed E-state index contributed by atoms with van der Waals surface area (Å²) >= 11 is 0. The zero-order valence-electron chi connectivity index (χ0n) is 11.0. The van der Waals surface area contributed by atoms with Crippen molar-refractivity contribution >= 4 is 10.9 Å². The monoisotopic (exact) mass is 253 g/mol. The molecule has 2 heterocycles. The van der Waals surface area contributed by atoms with Crippen molar-refractivity contribution in [1.29, 1.82) is 0 Å². The third-order valence-electron chi connectivity index (χ3n) is 2.99. The molecule has 0 fully saturated rings. The topological polar surface area (TPSA) is 39.9 Å². The fourth-order valence-corrected chi connectivity index (χ4v) is 2.11. The number of aryl methyl sites for hydroxylation is 1. The third kappa shape index (κ3) is 2.17. The number of nitrogens with zero attached hydrogens (tertiary/aromatic N) is 3. The van der Waals surface area contributed by atoms with Gasteiger partial charge in [0.1, 0.15) is 0 Å². The van der Waals surface area contributed by atoms with E-state index < -0.39 is 0 Å². The van der Waals surface area contributed by atoms with E-state index in [0.29, 0.717) is 12.5 Å². The van der Waals surface area contributed by atoms with Gasteiger partial charge >= 0.3 is 0 Å². The Labute approximate surface area is 111 Å². The normalized spacial score (nSPS) is 10.8. The van der Waals surface area contributed by atoms with E-state index in [1.54, 1.807) is 4.68 Å². The number of para-hydroxylation sites is 1. The van der Waals surface area contributed by atoms with Crippen LogP contribution >= 0.6 is 0 Å². The Morgan fingerprint density at radius 2 is 2.11 bits per heavy atom. The zero-order chi connectivity index (χ0) is 13.2. The predicted octanol–water partition coefficient (Wildman–Crippen LogP) is 3.03.